The van der Waals surface area contributed by atoms with Crippen molar-refractivity contribution in [3.8, 4) is 0 Å². The van der Waals surface area contributed by atoms with Gasteiger partial charge in [0.15, 0.2) is 0 Å². The summed E-state index contributed by atoms with van der Waals surface area (Å²) in [4.78, 5) is 26.5. The first-order chi connectivity index (χ1) is 9.87. The molecule has 0 aromatic rings. The Morgan fingerprint density at radius 3 is 2.57 bits per heavy atom. The number of Topliss-reactive ketones (excluding diaryl/α,β-unsaturated/α-hetero) is 2. The van der Waals surface area contributed by atoms with Crippen molar-refractivity contribution < 1.29 is 14.7 Å². The van der Waals surface area contributed by atoms with Gasteiger partial charge in [0.05, 0.1) is 6.10 Å². The molecule has 0 aromatic heterocycles. The highest BCUT2D eigenvalue weighted by atomic mass is 16.3. The van der Waals surface area contributed by atoms with Gasteiger partial charge < -0.3 is 5.11 Å². The minimum Gasteiger partial charge on any atom is -0.393 e. The van der Waals surface area contributed by atoms with Gasteiger partial charge in [0.25, 0.3) is 0 Å². The average Bonchev–Trinajstić information content (AvgIpc) is 2.97. The van der Waals surface area contributed by atoms with Crippen molar-refractivity contribution in [2.24, 2.45) is 46.8 Å². The lowest BCUT2D eigenvalue weighted by Gasteiger charge is -2.53. The minimum absolute atomic E-state index is 0.0365. The Morgan fingerprint density at radius 1 is 1.14 bits per heavy atom. The van der Waals surface area contributed by atoms with Crippen molar-refractivity contribution in [1.82, 2.24) is 0 Å². The molecular weight excluding hydrogens is 264 g/mol. The molecule has 2 bridgehead atoms. The normalized spacial score (nSPS) is 58.3. The first-order valence-corrected chi connectivity index (χ1v) is 8.31. The van der Waals surface area contributed by atoms with E-state index in [9.17, 15) is 14.7 Å². The Labute approximate surface area is 125 Å². The van der Waals surface area contributed by atoms with Gasteiger partial charge in [0.1, 0.15) is 11.6 Å². The molecule has 0 heterocycles. The van der Waals surface area contributed by atoms with Crippen LogP contribution in [0.3, 0.4) is 0 Å². The van der Waals surface area contributed by atoms with Gasteiger partial charge in [-0.25, -0.2) is 0 Å². The zero-order chi connectivity index (χ0) is 15.1. The summed E-state index contributed by atoms with van der Waals surface area (Å²) in [7, 11) is 0. The molecule has 114 valence electrons. The van der Waals surface area contributed by atoms with Gasteiger partial charge in [-0.3, -0.25) is 9.59 Å². The molecule has 1 N–H and O–H groups in total. The van der Waals surface area contributed by atoms with Crippen molar-refractivity contribution in [2.75, 3.05) is 0 Å². The van der Waals surface area contributed by atoms with Crippen LogP contribution in [-0.4, -0.2) is 22.8 Å². The van der Waals surface area contributed by atoms with Crippen molar-refractivity contribution in [1.29, 1.82) is 0 Å². The summed E-state index contributed by atoms with van der Waals surface area (Å²) in [6, 6.07) is 0. The van der Waals surface area contributed by atoms with Gasteiger partial charge in [0, 0.05) is 23.2 Å². The zero-order valence-corrected chi connectivity index (χ0v) is 13.0. The molecule has 4 rings (SSSR count). The number of hydrogen-bond donors (Lipinski definition) is 1. The quantitative estimate of drug-likeness (QED) is 0.696. The van der Waals surface area contributed by atoms with Gasteiger partial charge in [-0.05, 0) is 36.5 Å². The third-order valence-electron chi connectivity index (χ3n) is 7.26. The summed E-state index contributed by atoms with van der Waals surface area (Å²) in [5.41, 5.74) is -0.540. The van der Waals surface area contributed by atoms with E-state index in [0.717, 1.165) is 6.42 Å². The zero-order valence-electron chi connectivity index (χ0n) is 13.0. The van der Waals surface area contributed by atoms with Crippen LogP contribution >= 0.6 is 0 Å². The molecular formula is C18H24O3. The van der Waals surface area contributed by atoms with E-state index in [2.05, 4.69) is 26.0 Å². The Hall–Kier alpha value is -0.960. The second-order valence-electron chi connectivity index (χ2n) is 8.07. The molecule has 3 nitrogen and oxygen atoms in total. The maximum Gasteiger partial charge on any atom is 0.144 e. The molecule has 9 atom stereocenters. The van der Waals surface area contributed by atoms with Gasteiger partial charge in [-0.2, -0.15) is 0 Å². The predicted molar refractivity (Wildman–Crippen MR) is 78.3 cm³/mol. The number of allylic oxidation sites excluding steroid dienone is 2. The summed E-state index contributed by atoms with van der Waals surface area (Å²) in [6.45, 7) is 6.14. The fourth-order valence-electron chi connectivity index (χ4n) is 6.07. The second kappa shape index (κ2) is 4.07. The number of rotatable bonds is 0. The summed E-state index contributed by atoms with van der Waals surface area (Å²) in [5.74, 6) is 0.570. The average molecular weight is 288 g/mol. The highest BCUT2D eigenvalue weighted by Gasteiger charge is 2.67. The van der Waals surface area contributed by atoms with Gasteiger partial charge in [-0.1, -0.05) is 32.9 Å². The van der Waals surface area contributed by atoms with Crippen molar-refractivity contribution >= 4 is 11.6 Å². The maximum atomic E-state index is 13.3. The summed E-state index contributed by atoms with van der Waals surface area (Å²) in [5, 5.41) is 10.2. The van der Waals surface area contributed by atoms with Crippen LogP contribution in [0.25, 0.3) is 0 Å². The lowest BCUT2D eigenvalue weighted by atomic mass is 9.48. The third kappa shape index (κ3) is 1.44. The largest absolute Gasteiger partial charge is 0.393 e. The van der Waals surface area contributed by atoms with E-state index >= 15 is 0 Å². The van der Waals surface area contributed by atoms with Gasteiger partial charge >= 0.3 is 0 Å². The molecule has 4 aliphatic rings. The summed E-state index contributed by atoms with van der Waals surface area (Å²) in [6.07, 6.45) is 5.43. The molecule has 3 saturated carbocycles. The molecule has 3 fully saturated rings. The molecule has 2 unspecified atom stereocenters. The van der Waals surface area contributed by atoms with E-state index in [4.69, 9.17) is 0 Å². The van der Waals surface area contributed by atoms with Crippen LogP contribution in [0.2, 0.25) is 0 Å². The molecule has 0 radical (unpaired) electrons. The molecule has 0 saturated heterocycles. The smallest absolute Gasteiger partial charge is 0.144 e. The number of carbonyl (C=O) groups excluding carboxylic acids is 2. The molecule has 4 aliphatic carbocycles. The topological polar surface area (TPSA) is 54.4 Å². The van der Waals surface area contributed by atoms with Crippen LogP contribution in [0.1, 0.15) is 33.6 Å². The first-order valence-electron chi connectivity index (χ1n) is 8.31. The van der Waals surface area contributed by atoms with Crippen LogP contribution in [0.4, 0.5) is 0 Å². The Kier molecular flexibility index (Phi) is 2.65. The molecule has 0 spiro atoms. The number of hydrogen-bond acceptors (Lipinski definition) is 3. The van der Waals surface area contributed by atoms with E-state index in [1.54, 1.807) is 0 Å². The monoisotopic (exact) mass is 288 g/mol. The van der Waals surface area contributed by atoms with E-state index in [1.165, 1.54) is 0 Å². The van der Waals surface area contributed by atoms with Crippen LogP contribution in [0, 0.1) is 46.8 Å². The lowest BCUT2D eigenvalue weighted by molar-refractivity contribution is -0.164. The van der Waals surface area contributed by atoms with Crippen LogP contribution < -0.4 is 0 Å². The van der Waals surface area contributed by atoms with Gasteiger partial charge in [-0.15, -0.1) is 0 Å². The fourth-order valence-corrected chi connectivity index (χ4v) is 6.07. The Morgan fingerprint density at radius 2 is 1.86 bits per heavy atom. The third-order valence-corrected chi connectivity index (χ3v) is 7.26. The Bertz CT molecular complexity index is 551. The number of aliphatic hydroxyl groups is 1. The lowest BCUT2D eigenvalue weighted by Crippen LogP contribution is -2.61. The number of fused-ring (bicyclic) bond motifs is 6. The second-order valence-corrected chi connectivity index (χ2v) is 8.07. The molecule has 0 aromatic carbocycles. The highest BCUT2D eigenvalue weighted by molar-refractivity contribution is 6.03. The van der Waals surface area contributed by atoms with Gasteiger partial charge in [0.2, 0.25) is 0 Å². The summed E-state index contributed by atoms with van der Waals surface area (Å²) >= 11 is 0. The van der Waals surface area contributed by atoms with E-state index in [-0.39, 0.29) is 53.3 Å². The predicted octanol–water partition coefficient (Wildman–Crippen LogP) is 2.24. The van der Waals surface area contributed by atoms with Crippen LogP contribution in [0.5, 0.6) is 0 Å². The standard InChI is InChI=1S/C18H24O3/c1-8-4-5-9(2)18(3)15(8)16(20)14-11-6-10(7-12(11)19)13(14)17(18)21/h4-5,8-15,19H,6-7H2,1-3H3/t8-,9+,10+,11-,12-,13?,14?,15-,18+/m0/s1. The summed E-state index contributed by atoms with van der Waals surface area (Å²) < 4.78 is 0. The Balaban J connectivity index is 1.83. The number of aliphatic hydroxyl groups excluding tert-OH is 1. The first kappa shape index (κ1) is 13.7. The van der Waals surface area contributed by atoms with Crippen LogP contribution in [-0.2, 0) is 9.59 Å². The number of carbonyl (C=O) groups is 2. The van der Waals surface area contributed by atoms with Crippen molar-refractivity contribution in [2.45, 2.75) is 39.7 Å². The van der Waals surface area contributed by atoms with E-state index < -0.39 is 5.41 Å². The number of ketones is 2. The maximum absolute atomic E-state index is 13.3. The van der Waals surface area contributed by atoms with E-state index in [1.807, 2.05) is 6.92 Å². The SMILES string of the molecule is C[C@@H]1C=C[C@H](C)[C@H]2C(=O)C3C(C(=O)[C@]12C)[C@@H]1C[C@H]3[C@@H](O)C1. The molecule has 0 amide bonds. The van der Waals surface area contributed by atoms with Crippen LogP contribution in [0.15, 0.2) is 12.2 Å². The molecule has 0 aliphatic heterocycles. The molecule has 21 heavy (non-hydrogen) atoms. The van der Waals surface area contributed by atoms with E-state index in [0.29, 0.717) is 12.2 Å². The fraction of sp³-hybridized carbons (Fsp3) is 0.778. The van der Waals surface area contributed by atoms with Crippen molar-refractivity contribution in [3.05, 3.63) is 12.2 Å². The van der Waals surface area contributed by atoms with Crippen molar-refractivity contribution in [3.63, 3.8) is 0 Å². The minimum atomic E-state index is -0.540. The molecule has 3 heteroatoms. The highest BCUT2D eigenvalue weighted by Crippen LogP contribution is 2.62.